The Kier molecular flexibility index (Phi) is 2.36. The minimum atomic E-state index is -0.869. The largest absolute Gasteiger partial charge is 0.481 e. The fourth-order valence-electron chi connectivity index (χ4n) is 1.53. The summed E-state index contributed by atoms with van der Waals surface area (Å²) in [5.74, 6) is -0.869. The zero-order chi connectivity index (χ0) is 11.0. The molecule has 0 amide bonds. The molecular weight excluding hydrogens is 216 g/mol. The van der Waals surface area contributed by atoms with Gasteiger partial charge in [0.05, 0.1) is 11.4 Å². The van der Waals surface area contributed by atoms with Crippen LogP contribution in [0.1, 0.15) is 11.3 Å². The van der Waals surface area contributed by atoms with Gasteiger partial charge in [-0.05, 0) is 24.6 Å². The molecular formula is C10H9ClN2O2. The molecule has 0 atom stereocenters. The van der Waals surface area contributed by atoms with Crippen LogP contribution in [0.15, 0.2) is 12.1 Å². The van der Waals surface area contributed by atoms with Crippen molar-refractivity contribution in [2.24, 2.45) is 0 Å². The second-order valence-electron chi connectivity index (χ2n) is 3.39. The molecule has 1 aromatic heterocycles. The summed E-state index contributed by atoms with van der Waals surface area (Å²) in [5.41, 5.74) is 2.26. The smallest absolute Gasteiger partial charge is 0.307 e. The van der Waals surface area contributed by atoms with E-state index < -0.39 is 5.97 Å². The Morgan fingerprint density at radius 1 is 1.60 bits per heavy atom. The molecule has 2 rings (SSSR count). The zero-order valence-electron chi connectivity index (χ0n) is 8.04. The van der Waals surface area contributed by atoms with E-state index >= 15 is 0 Å². The lowest BCUT2D eigenvalue weighted by atomic mass is 10.1. The predicted octanol–water partition coefficient (Wildman–Crippen LogP) is 2.15. The molecule has 0 saturated heterocycles. The highest BCUT2D eigenvalue weighted by atomic mass is 35.5. The number of aromatic amines is 1. The lowest BCUT2D eigenvalue weighted by Gasteiger charge is -1.99. The van der Waals surface area contributed by atoms with Gasteiger partial charge in [-0.1, -0.05) is 11.6 Å². The Morgan fingerprint density at radius 3 is 3.00 bits per heavy atom. The number of benzene rings is 1. The molecule has 0 saturated carbocycles. The van der Waals surface area contributed by atoms with E-state index in [0.717, 1.165) is 11.1 Å². The number of aliphatic carboxylic acids is 1. The fourth-order valence-corrected chi connectivity index (χ4v) is 1.82. The molecule has 78 valence electrons. The number of aromatic nitrogens is 2. The summed E-state index contributed by atoms with van der Waals surface area (Å²) in [4.78, 5) is 10.6. The molecule has 5 heteroatoms. The molecule has 0 fully saturated rings. The summed E-state index contributed by atoms with van der Waals surface area (Å²) in [6, 6.07) is 3.44. The van der Waals surface area contributed by atoms with E-state index in [-0.39, 0.29) is 6.42 Å². The number of halogens is 1. The van der Waals surface area contributed by atoms with Gasteiger partial charge in [0, 0.05) is 11.1 Å². The van der Waals surface area contributed by atoms with E-state index in [1.54, 1.807) is 12.1 Å². The quantitative estimate of drug-likeness (QED) is 0.822. The third-order valence-electron chi connectivity index (χ3n) is 2.22. The summed E-state index contributed by atoms with van der Waals surface area (Å²) in [7, 11) is 0. The highest BCUT2D eigenvalue weighted by molar-refractivity contribution is 6.35. The van der Waals surface area contributed by atoms with Crippen LogP contribution in [0.5, 0.6) is 0 Å². The van der Waals surface area contributed by atoms with Crippen LogP contribution in [0.3, 0.4) is 0 Å². The van der Waals surface area contributed by atoms with Crippen molar-refractivity contribution in [3.8, 4) is 0 Å². The lowest BCUT2D eigenvalue weighted by Crippen LogP contribution is -1.99. The van der Waals surface area contributed by atoms with Crippen molar-refractivity contribution < 1.29 is 9.90 Å². The number of carboxylic acid groups (broad SMARTS) is 1. The first-order chi connectivity index (χ1) is 7.08. The topological polar surface area (TPSA) is 66.0 Å². The molecule has 2 aromatic rings. The average molecular weight is 225 g/mol. The number of hydrogen-bond acceptors (Lipinski definition) is 2. The highest BCUT2D eigenvalue weighted by Gasteiger charge is 2.09. The number of carboxylic acids is 1. The predicted molar refractivity (Wildman–Crippen MR) is 57.2 cm³/mol. The number of carbonyl (C=O) groups is 1. The van der Waals surface area contributed by atoms with Gasteiger partial charge in [-0.25, -0.2) is 0 Å². The van der Waals surface area contributed by atoms with E-state index in [1.165, 1.54) is 0 Å². The van der Waals surface area contributed by atoms with E-state index in [4.69, 9.17) is 16.7 Å². The summed E-state index contributed by atoms with van der Waals surface area (Å²) >= 11 is 5.98. The van der Waals surface area contributed by atoms with Crippen molar-refractivity contribution >= 4 is 28.5 Å². The van der Waals surface area contributed by atoms with Gasteiger partial charge in [0.2, 0.25) is 0 Å². The minimum Gasteiger partial charge on any atom is -0.481 e. The van der Waals surface area contributed by atoms with Gasteiger partial charge in [-0.15, -0.1) is 0 Å². The van der Waals surface area contributed by atoms with Crippen LogP contribution in [-0.2, 0) is 11.2 Å². The number of fused-ring (bicyclic) bond motifs is 1. The van der Waals surface area contributed by atoms with Crippen molar-refractivity contribution in [1.29, 1.82) is 0 Å². The van der Waals surface area contributed by atoms with Crippen molar-refractivity contribution in [1.82, 2.24) is 10.2 Å². The number of hydrogen-bond donors (Lipinski definition) is 2. The van der Waals surface area contributed by atoms with E-state index in [1.807, 2.05) is 6.92 Å². The van der Waals surface area contributed by atoms with Gasteiger partial charge in [-0.2, -0.15) is 5.10 Å². The molecule has 0 unspecified atom stereocenters. The van der Waals surface area contributed by atoms with Crippen molar-refractivity contribution in [3.63, 3.8) is 0 Å². The maximum atomic E-state index is 10.6. The average Bonchev–Trinajstić information content (AvgIpc) is 2.47. The molecule has 0 radical (unpaired) electrons. The second-order valence-corrected chi connectivity index (χ2v) is 3.80. The van der Waals surface area contributed by atoms with Crippen molar-refractivity contribution in [2.45, 2.75) is 13.3 Å². The van der Waals surface area contributed by atoms with Gasteiger partial charge >= 0.3 is 5.97 Å². The third kappa shape index (κ3) is 1.80. The lowest BCUT2D eigenvalue weighted by molar-refractivity contribution is -0.136. The Labute approximate surface area is 90.9 Å². The highest BCUT2D eigenvalue weighted by Crippen LogP contribution is 2.25. The summed E-state index contributed by atoms with van der Waals surface area (Å²) in [6.45, 7) is 1.87. The van der Waals surface area contributed by atoms with Gasteiger partial charge in [0.1, 0.15) is 5.52 Å². The van der Waals surface area contributed by atoms with Crippen LogP contribution in [0, 0.1) is 6.92 Å². The monoisotopic (exact) mass is 224 g/mol. The fraction of sp³-hybridized carbons (Fsp3) is 0.200. The summed E-state index contributed by atoms with van der Waals surface area (Å²) in [6.07, 6.45) is -0.0275. The number of rotatable bonds is 2. The molecule has 4 nitrogen and oxygen atoms in total. The van der Waals surface area contributed by atoms with Gasteiger partial charge in [-0.3, -0.25) is 9.89 Å². The Morgan fingerprint density at radius 2 is 2.33 bits per heavy atom. The molecule has 0 spiro atoms. The van der Waals surface area contributed by atoms with E-state index in [2.05, 4.69) is 10.2 Å². The van der Waals surface area contributed by atoms with Gasteiger partial charge < -0.3 is 5.11 Å². The minimum absolute atomic E-state index is 0.0275. The number of aryl methyl sites for hydroxylation is 1. The van der Waals surface area contributed by atoms with Crippen LogP contribution >= 0.6 is 11.6 Å². The normalized spacial score (nSPS) is 10.8. The number of nitrogens with one attached hydrogen (secondary N) is 1. The second kappa shape index (κ2) is 3.55. The van der Waals surface area contributed by atoms with Gasteiger partial charge in [0.25, 0.3) is 0 Å². The molecule has 0 aliphatic carbocycles. The number of nitrogens with zero attached hydrogens (tertiary/aromatic N) is 1. The maximum absolute atomic E-state index is 10.6. The zero-order valence-corrected chi connectivity index (χ0v) is 8.80. The molecule has 0 aliphatic rings. The third-order valence-corrected chi connectivity index (χ3v) is 2.51. The Balaban J connectivity index is 2.59. The molecule has 2 N–H and O–H groups in total. The summed E-state index contributed by atoms with van der Waals surface area (Å²) in [5, 5.41) is 16.9. The van der Waals surface area contributed by atoms with E-state index in [0.29, 0.717) is 16.1 Å². The maximum Gasteiger partial charge on any atom is 0.307 e. The van der Waals surface area contributed by atoms with Crippen LogP contribution < -0.4 is 0 Å². The van der Waals surface area contributed by atoms with Gasteiger partial charge in [0.15, 0.2) is 0 Å². The van der Waals surface area contributed by atoms with Crippen molar-refractivity contribution in [2.75, 3.05) is 0 Å². The van der Waals surface area contributed by atoms with Crippen LogP contribution in [-0.4, -0.2) is 21.3 Å². The molecule has 0 bridgehead atoms. The number of H-pyrrole nitrogens is 1. The molecule has 1 aromatic carbocycles. The Hall–Kier alpha value is -1.55. The first-order valence-corrected chi connectivity index (χ1v) is 4.80. The van der Waals surface area contributed by atoms with Crippen LogP contribution in [0.2, 0.25) is 5.02 Å². The SMILES string of the molecule is Cc1[nH]nc2c(Cl)cc(CC(=O)O)cc12. The molecule has 1 heterocycles. The first-order valence-electron chi connectivity index (χ1n) is 4.43. The summed E-state index contributed by atoms with van der Waals surface area (Å²) < 4.78 is 0. The van der Waals surface area contributed by atoms with E-state index in [9.17, 15) is 4.79 Å². The molecule has 0 aliphatic heterocycles. The standard InChI is InChI=1S/C10H9ClN2O2/c1-5-7-2-6(4-9(14)15)3-8(11)10(7)13-12-5/h2-3H,4H2,1H3,(H,12,13)(H,14,15). The molecule has 15 heavy (non-hydrogen) atoms. The van der Waals surface area contributed by atoms with Crippen LogP contribution in [0.4, 0.5) is 0 Å². The van der Waals surface area contributed by atoms with Crippen molar-refractivity contribution in [3.05, 3.63) is 28.4 Å². The first kappa shape index (κ1) is 9.98. The Bertz CT molecular complexity index is 533. The van der Waals surface area contributed by atoms with Crippen LogP contribution in [0.25, 0.3) is 10.9 Å².